The van der Waals surface area contributed by atoms with Crippen molar-refractivity contribution in [3.8, 4) is 0 Å². The summed E-state index contributed by atoms with van der Waals surface area (Å²) in [5.74, 6) is -1.54. The number of urea groups is 1. The van der Waals surface area contributed by atoms with E-state index in [2.05, 4.69) is 0 Å². The van der Waals surface area contributed by atoms with Gasteiger partial charge in [0.2, 0.25) is 0 Å². The summed E-state index contributed by atoms with van der Waals surface area (Å²) in [6.45, 7) is 4.29. The van der Waals surface area contributed by atoms with E-state index in [1.165, 1.54) is 44.0 Å². The Kier molecular flexibility index (Phi) is 8.69. The number of piperidine rings is 1. The first-order valence-electron chi connectivity index (χ1n) is 12.2. The summed E-state index contributed by atoms with van der Waals surface area (Å²) in [7, 11) is 1.27. The van der Waals surface area contributed by atoms with Crippen LogP contribution in [0.2, 0.25) is 0 Å². The van der Waals surface area contributed by atoms with Gasteiger partial charge in [-0.2, -0.15) is 26.3 Å². The largest absolute Gasteiger partial charge is 0.416 e. The number of amides is 2. The van der Waals surface area contributed by atoms with Crippen molar-refractivity contribution >= 4 is 11.8 Å². The molecule has 1 heterocycles. The molecule has 1 N–H and O–H groups in total. The number of aliphatic hydroxyl groups excluding tert-OH is 1. The average molecular weight is 563 g/mol. The molecule has 1 saturated heterocycles. The van der Waals surface area contributed by atoms with Crippen LogP contribution in [0.4, 0.5) is 35.5 Å². The fraction of sp³-hybridized carbons (Fsp3) is 0.481. The fourth-order valence-corrected chi connectivity index (χ4v) is 4.91. The number of aryl methyl sites for hydroxylation is 1. The van der Waals surface area contributed by atoms with Gasteiger partial charge in [0, 0.05) is 19.5 Å². The van der Waals surface area contributed by atoms with Crippen molar-refractivity contribution in [3.05, 3.63) is 70.0 Å². The van der Waals surface area contributed by atoms with Gasteiger partial charge in [-0.3, -0.25) is 4.79 Å². The summed E-state index contributed by atoms with van der Waals surface area (Å²) in [6, 6.07) is 2.48. The van der Waals surface area contributed by atoms with Gasteiger partial charge < -0.3 is 14.9 Å². The van der Waals surface area contributed by atoms with Crippen molar-refractivity contribution in [2.24, 2.45) is 5.92 Å². The highest BCUT2D eigenvalue weighted by Gasteiger charge is 2.40. The van der Waals surface area contributed by atoms with Crippen molar-refractivity contribution < 1.29 is 45.4 Å². The molecule has 0 saturated carbocycles. The Morgan fingerprint density at radius 1 is 1.00 bits per heavy atom. The Bertz CT molecular complexity index is 1190. The van der Waals surface area contributed by atoms with Gasteiger partial charge in [0.25, 0.3) is 0 Å². The topological polar surface area (TPSA) is 60.9 Å². The van der Waals surface area contributed by atoms with Gasteiger partial charge in [-0.15, -0.1) is 0 Å². The van der Waals surface area contributed by atoms with Gasteiger partial charge in [-0.1, -0.05) is 6.07 Å². The van der Waals surface area contributed by atoms with Crippen molar-refractivity contribution in [1.29, 1.82) is 0 Å². The molecular formula is C27H29F7N2O3. The second kappa shape index (κ2) is 11.1. The van der Waals surface area contributed by atoms with Gasteiger partial charge in [0.15, 0.2) is 5.78 Å². The Balaban J connectivity index is 1.99. The monoisotopic (exact) mass is 562 g/mol. The van der Waals surface area contributed by atoms with E-state index in [9.17, 15) is 45.4 Å². The van der Waals surface area contributed by atoms with Crippen LogP contribution in [0.5, 0.6) is 0 Å². The molecule has 1 aliphatic rings. The van der Waals surface area contributed by atoms with E-state index in [0.29, 0.717) is 23.3 Å². The predicted molar refractivity (Wildman–Crippen MR) is 128 cm³/mol. The summed E-state index contributed by atoms with van der Waals surface area (Å²) in [6.07, 6.45) is -11.0. The lowest BCUT2D eigenvalue weighted by Crippen LogP contribution is -2.49. The fourth-order valence-electron chi connectivity index (χ4n) is 4.91. The van der Waals surface area contributed by atoms with E-state index in [1.807, 2.05) is 0 Å². The molecule has 0 bridgehead atoms. The van der Waals surface area contributed by atoms with Gasteiger partial charge in [-0.05, 0) is 80.6 Å². The number of carbonyl (C=O) groups is 2. The van der Waals surface area contributed by atoms with E-state index >= 15 is 0 Å². The Morgan fingerprint density at radius 3 is 2.05 bits per heavy atom. The molecule has 39 heavy (non-hydrogen) atoms. The zero-order valence-electron chi connectivity index (χ0n) is 21.7. The molecule has 1 fully saturated rings. The van der Waals surface area contributed by atoms with Crippen LogP contribution in [0.3, 0.4) is 0 Å². The molecule has 0 aliphatic carbocycles. The molecule has 2 aromatic carbocycles. The lowest BCUT2D eigenvalue weighted by molar-refractivity contribution is -0.143. The molecule has 5 nitrogen and oxygen atoms in total. The zero-order valence-corrected chi connectivity index (χ0v) is 21.7. The van der Waals surface area contributed by atoms with Crippen LogP contribution in [0.15, 0.2) is 36.4 Å². The summed E-state index contributed by atoms with van der Waals surface area (Å²) in [5, 5.41) is 9.79. The molecule has 1 aliphatic heterocycles. The van der Waals surface area contributed by atoms with E-state index in [0.717, 1.165) is 4.90 Å². The number of carbonyl (C=O) groups excluding carboxylic acids is 2. The molecule has 12 heteroatoms. The van der Waals surface area contributed by atoms with Crippen LogP contribution in [0.1, 0.15) is 66.6 Å². The maximum absolute atomic E-state index is 13.8. The lowest BCUT2D eigenvalue weighted by Gasteiger charge is -2.43. The van der Waals surface area contributed by atoms with Crippen LogP contribution >= 0.6 is 0 Å². The van der Waals surface area contributed by atoms with E-state index in [4.69, 9.17) is 0 Å². The van der Waals surface area contributed by atoms with E-state index in [1.54, 1.807) is 6.92 Å². The molecule has 4 atom stereocenters. The van der Waals surface area contributed by atoms with Crippen LogP contribution in [0, 0.1) is 18.7 Å². The molecular weight excluding hydrogens is 533 g/mol. The smallest absolute Gasteiger partial charge is 0.386 e. The molecule has 2 amide bonds. The number of Topliss-reactive ketones (excluding diaryl/α,β-unsaturated/α-hetero) is 1. The third kappa shape index (κ3) is 6.71. The Labute approximate surface area is 221 Å². The molecule has 1 unspecified atom stereocenters. The van der Waals surface area contributed by atoms with Gasteiger partial charge >= 0.3 is 18.4 Å². The Hall–Kier alpha value is -3.15. The average Bonchev–Trinajstić information content (AvgIpc) is 2.85. The number of hydrogen-bond donors (Lipinski definition) is 1. The van der Waals surface area contributed by atoms with E-state index in [-0.39, 0.29) is 31.0 Å². The minimum Gasteiger partial charge on any atom is -0.386 e. The maximum atomic E-state index is 13.8. The summed E-state index contributed by atoms with van der Waals surface area (Å²) in [4.78, 5) is 28.6. The Morgan fingerprint density at radius 2 is 1.56 bits per heavy atom. The van der Waals surface area contributed by atoms with Gasteiger partial charge in [0.05, 0.1) is 23.2 Å². The second-order valence-electron chi connectivity index (χ2n) is 9.92. The zero-order chi connectivity index (χ0) is 29.4. The van der Waals surface area contributed by atoms with Crippen LogP contribution in [-0.4, -0.2) is 46.4 Å². The molecule has 0 aromatic heterocycles. The SMILES string of the molecule is Cc1cc(F)ccc1[C@H]1C[C@@H](C(=O)C(C)O)CCN1C(=O)N(C)[C@@H](C)c1cc(C(F)(F)F)cc(C(F)(F)F)c1. The van der Waals surface area contributed by atoms with Crippen LogP contribution in [-0.2, 0) is 17.1 Å². The number of nitrogens with zero attached hydrogens (tertiary/aromatic N) is 2. The predicted octanol–water partition coefficient (Wildman–Crippen LogP) is 6.69. The van der Waals surface area contributed by atoms with Gasteiger partial charge in [0.1, 0.15) is 11.9 Å². The van der Waals surface area contributed by atoms with Gasteiger partial charge in [-0.25, -0.2) is 9.18 Å². The number of benzene rings is 2. The third-order valence-electron chi connectivity index (χ3n) is 7.23. The van der Waals surface area contributed by atoms with Crippen molar-refractivity contribution in [2.75, 3.05) is 13.6 Å². The number of likely N-dealkylation sites (tertiary alicyclic amines) is 1. The molecule has 214 valence electrons. The standard InChI is InChI=1S/C27H29F7N2O3/c1-14-9-21(28)5-6-22(14)23-12-17(24(38)16(3)37)7-8-36(23)25(39)35(4)15(2)18-10-19(26(29,30)31)13-20(11-18)27(32,33)34/h5-6,9-11,13,15-17,23,37H,7-8,12H2,1-4H3/t15-,16?,17-,23+/m0/s1. The number of hydrogen-bond acceptors (Lipinski definition) is 3. The number of alkyl halides is 6. The summed E-state index contributed by atoms with van der Waals surface area (Å²) in [5.41, 5.74) is -2.31. The minimum absolute atomic E-state index is 0.0231. The number of halogens is 7. The lowest BCUT2D eigenvalue weighted by atomic mass is 9.82. The van der Waals surface area contributed by atoms with Crippen molar-refractivity contribution in [2.45, 2.75) is 64.2 Å². The number of rotatable bonds is 5. The van der Waals surface area contributed by atoms with E-state index < -0.39 is 65.2 Å². The van der Waals surface area contributed by atoms with Crippen molar-refractivity contribution in [3.63, 3.8) is 0 Å². The first kappa shape index (κ1) is 30.4. The first-order chi connectivity index (χ1) is 17.9. The maximum Gasteiger partial charge on any atom is 0.416 e. The highest BCUT2D eigenvalue weighted by Crippen LogP contribution is 2.40. The number of ketones is 1. The highest BCUT2D eigenvalue weighted by molar-refractivity contribution is 5.85. The second-order valence-corrected chi connectivity index (χ2v) is 9.92. The normalized spacial score (nSPS) is 19.9. The first-order valence-corrected chi connectivity index (χ1v) is 12.2. The third-order valence-corrected chi connectivity index (χ3v) is 7.23. The molecule has 3 rings (SSSR count). The van der Waals surface area contributed by atoms with Crippen LogP contribution in [0.25, 0.3) is 0 Å². The minimum atomic E-state index is -5.04. The van der Waals surface area contributed by atoms with Crippen molar-refractivity contribution in [1.82, 2.24) is 9.80 Å². The van der Waals surface area contributed by atoms with Crippen LogP contribution < -0.4 is 0 Å². The quantitative estimate of drug-likeness (QED) is 0.414. The summed E-state index contributed by atoms with van der Waals surface area (Å²) < 4.78 is 94.1. The molecule has 2 aromatic rings. The molecule has 0 radical (unpaired) electrons. The molecule has 0 spiro atoms. The summed E-state index contributed by atoms with van der Waals surface area (Å²) >= 11 is 0. The highest BCUT2D eigenvalue weighted by atomic mass is 19.4. The number of aliphatic hydroxyl groups is 1.